The van der Waals surface area contributed by atoms with Crippen LogP contribution in [0.3, 0.4) is 0 Å². The van der Waals surface area contributed by atoms with Crippen LogP contribution >= 0.6 is 0 Å². The molecule has 3 N–H and O–H groups in total. The number of ether oxygens (including phenoxy) is 1. The van der Waals surface area contributed by atoms with Gasteiger partial charge in [-0.05, 0) is 42.7 Å². The Morgan fingerprint density at radius 3 is 2.67 bits per heavy atom. The van der Waals surface area contributed by atoms with Crippen LogP contribution in [0.15, 0.2) is 54.6 Å². The molecule has 2 aromatic carbocycles. The first-order chi connectivity index (χ1) is 11.6. The molecule has 2 aromatic rings. The average molecular weight is 324 g/mol. The minimum absolute atomic E-state index is 0.104. The maximum Gasteiger partial charge on any atom is 0.244 e. The number of benzene rings is 2. The second-order valence-corrected chi connectivity index (χ2v) is 5.72. The summed E-state index contributed by atoms with van der Waals surface area (Å²) in [5, 5.41) is 2.88. The fourth-order valence-electron chi connectivity index (χ4n) is 2.10. The van der Waals surface area contributed by atoms with E-state index in [1.165, 1.54) is 6.08 Å². The highest BCUT2D eigenvalue weighted by Gasteiger charge is 2.03. The second kappa shape index (κ2) is 8.77. The van der Waals surface area contributed by atoms with Crippen LogP contribution in [0.25, 0.3) is 6.08 Å². The van der Waals surface area contributed by atoms with Crippen molar-refractivity contribution in [1.29, 1.82) is 0 Å². The molecule has 1 amide bonds. The van der Waals surface area contributed by atoms with Gasteiger partial charge in [-0.25, -0.2) is 0 Å². The summed E-state index contributed by atoms with van der Waals surface area (Å²) in [5.74, 6) is 0.535. The molecule has 0 aromatic heterocycles. The van der Waals surface area contributed by atoms with Gasteiger partial charge in [0, 0.05) is 12.1 Å². The first kappa shape index (κ1) is 17.6. The monoisotopic (exact) mass is 324 g/mol. The highest BCUT2D eigenvalue weighted by Crippen LogP contribution is 2.24. The Bertz CT molecular complexity index is 696. The van der Waals surface area contributed by atoms with Gasteiger partial charge in [0.05, 0.1) is 5.69 Å². The number of nitrogen functional groups attached to an aromatic ring is 1. The van der Waals surface area contributed by atoms with Gasteiger partial charge in [0.25, 0.3) is 0 Å². The first-order valence-corrected chi connectivity index (χ1v) is 8.13. The number of hydrogen-bond donors (Lipinski definition) is 2. The zero-order valence-corrected chi connectivity index (χ0v) is 14.2. The predicted molar refractivity (Wildman–Crippen MR) is 98.6 cm³/mol. The van der Waals surface area contributed by atoms with Crippen LogP contribution in [-0.4, -0.2) is 11.9 Å². The Balaban J connectivity index is 1.95. The molecular weight excluding hydrogens is 300 g/mol. The van der Waals surface area contributed by atoms with Crippen LogP contribution in [0.2, 0.25) is 0 Å². The molecule has 24 heavy (non-hydrogen) atoms. The molecule has 0 aliphatic rings. The lowest BCUT2D eigenvalue weighted by atomic mass is 10.1. The van der Waals surface area contributed by atoms with Gasteiger partial charge in [-0.15, -0.1) is 0 Å². The zero-order chi connectivity index (χ0) is 17.4. The van der Waals surface area contributed by atoms with Crippen molar-refractivity contribution < 1.29 is 9.53 Å². The van der Waals surface area contributed by atoms with Crippen LogP contribution in [0.1, 0.15) is 31.4 Å². The van der Waals surface area contributed by atoms with E-state index in [1.54, 1.807) is 12.1 Å². The van der Waals surface area contributed by atoms with Gasteiger partial charge in [0.1, 0.15) is 12.4 Å². The molecule has 0 spiro atoms. The van der Waals surface area contributed by atoms with Crippen molar-refractivity contribution in [3.05, 3.63) is 65.7 Å². The molecule has 0 heterocycles. The van der Waals surface area contributed by atoms with Gasteiger partial charge < -0.3 is 15.8 Å². The van der Waals surface area contributed by atoms with E-state index in [9.17, 15) is 4.79 Å². The number of anilines is 1. The number of amides is 1. The van der Waals surface area contributed by atoms with Crippen molar-refractivity contribution in [1.82, 2.24) is 5.32 Å². The van der Waals surface area contributed by atoms with E-state index >= 15 is 0 Å². The zero-order valence-electron chi connectivity index (χ0n) is 14.2. The van der Waals surface area contributed by atoms with Crippen LogP contribution in [0.4, 0.5) is 5.69 Å². The molecule has 0 aliphatic heterocycles. The smallest absolute Gasteiger partial charge is 0.244 e. The molecule has 1 unspecified atom stereocenters. The van der Waals surface area contributed by atoms with Crippen LogP contribution in [0, 0.1) is 0 Å². The molecule has 0 aliphatic carbocycles. The summed E-state index contributed by atoms with van der Waals surface area (Å²) in [4.78, 5) is 11.7. The molecule has 4 nitrogen and oxygen atoms in total. The highest BCUT2D eigenvalue weighted by molar-refractivity contribution is 5.92. The van der Waals surface area contributed by atoms with E-state index in [-0.39, 0.29) is 11.9 Å². The minimum Gasteiger partial charge on any atom is -0.487 e. The Labute approximate surface area is 143 Å². The Kier molecular flexibility index (Phi) is 6.43. The molecule has 126 valence electrons. The van der Waals surface area contributed by atoms with E-state index in [4.69, 9.17) is 10.5 Å². The molecule has 2 rings (SSSR count). The first-order valence-electron chi connectivity index (χ1n) is 8.13. The van der Waals surface area contributed by atoms with E-state index in [1.807, 2.05) is 56.3 Å². The maximum absolute atomic E-state index is 11.7. The van der Waals surface area contributed by atoms with Crippen molar-refractivity contribution >= 4 is 17.7 Å². The van der Waals surface area contributed by atoms with Gasteiger partial charge in [-0.3, -0.25) is 4.79 Å². The number of carbonyl (C=O) groups excluding carboxylic acids is 1. The SMILES string of the molecule is CCC(C)NC(=O)/C=C\c1ccc(OCc2ccccc2)c(N)c1. The molecule has 0 fully saturated rings. The third kappa shape index (κ3) is 5.47. The second-order valence-electron chi connectivity index (χ2n) is 5.72. The minimum atomic E-state index is -0.104. The van der Waals surface area contributed by atoms with E-state index in [0.29, 0.717) is 18.0 Å². The van der Waals surface area contributed by atoms with E-state index in [0.717, 1.165) is 17.5 Å². The molecule has 4 heteroatoms. The summed E-state index contributed by atoms with van der Waals surface area (Å²) in [6, 6.07) is 15.6. The molecule has 1 atom stereocenters. The molecule has 0 saturated heterocycles. The summed E-state index contributed by atoms with van der Waals surface area (Å²) in [6.07, 6.45) is 4.17. The van der Waals surface area contributed by atoms with Crippen molar-refractivity contribution in [3.63, 3.8) is 0 Å². The van der Waals surface area contributed by atoms with Crippen molar-refractivity contribution in [2.75, 3.05) is 5.73 Å². The summed E-state index contributed by atoms with van der Waals surface area (Å²) in [6.45, 7) is 4.48. The average Bonchev–Trinajstić information content (AvgIpc) is 2.60. The van der Waals surface area contributed by atoms with Crippen LogP contribution in [0.5, 0.6) is 5.75 Å². The third-order valence-electron chi connectivity index (χ3n) is 3.70. The third-order valence-corrected chi connectivity index (χ3v) is 3.70. The van der Waals surface area contributed by atoms with Crippen molar-refractivity contribution in [3.8, 4) is 5.75 Å². The number of carbonyl (C=O) groups is 1. The van der Waals surface area contributed by atoms with E-state index < -0.39 is 0 Å². The lowest BCUT2D eigenvalue weighted by Crippen LogP contribution is -2.30. The lowest BCUT2D eigenvalue weighted by molar-refractivity contribution is -0.117. The Hall–Kier alpha value is -2.75. The summed E-state index contributed by atoms with van der Waals surface area (Å²) in [7, 11) is 0. The summed E-state index contributed by atoms with van der Waals surface area (Å²) in [5.41, 5.74) is 8.53. The Morgan fingerprint density at radius 2 is 2.00 bits per heavy atom. The van der Waals surface area contributed by atoms with Crippen LogP contribution < -0.4 is 15.8 Å². The topological polar surface area (TPSA) is 64.3 Å². The Morgan fingerprint density at radius 1 is 1.25 bits per heavy atom. The number of nitrogens with one attached hydrogen (secondary N) is 1. The van der Waals surface area contributed by atoms with Gasteiger partial charge >= 0.3 is 0 Å². The largest absolute Gasteiger partial charge is 0.487 e. The number of nitrogens with two attached hydrogens (primary N) is 1. The predicted octanol–water partition coefficient (Wildman–Crippen LogP) is 3.78. The maximum atomic E-state index is 11.7. The molecule has 0 saturated carbocycles. The number of hydrogen-bond acceptors (Lipinski definition) is 3. The van der Waals surface area contributed by atoms with Gasteiger partial charge in [-0.2, -0.15) is 0 Å². The quantitative estimate of drug-likeness (QED) is 0.602. The highest BCUT2D eigenvalue weighted by atomic mass is 16.5. The van der Waals surface area contributed by atoms with Gasteiger partial charge in [0.15, 0.2) is 0 Å². The van der Waals surface area contributed by atoms with Gasteiger partial charge in [0.2, 0.25) is 5.91 Å². The summed E-state index contributed by atoms with van der Waals surface area (Å²) < 4.78 is 5.74. The van der Waals surface area contributed by atoms with Crippen LogP contribution in [-0.2, 0) is 11.4 Å². The number of rotatable bonds is 7. The lowest BCUT2D eigenvalue weighted by Gasteiger charge is -2.10. The fraction of sp³-hybridized carbons (Fsp3) is 0.250. The van der Waals surface area contributed by atoms with Crippen molar-refractivity contribution in [2.24, 2.45) is 0 Å². The standard InChI is InChI=1S/C20H24N2O2/c1-3-15(2)22-20(23)12-10-16-9-11-19(18(21)13-16)24-14-17-7-5-4-6-8-17/h4-13,15H,3,14,21H2,1-2H3,(H,22,23)/b12-10-. The molecular formula is C20H24N2O2. The summed E-state index contributed by atoms with van der Waals surface area (Å²) >= 11 is 0. The molecule has 0 bridgehead atoms. The van der Waals surface area contributed by atoms with Crippen molar-refractivity contribution in [2.45, 2.75) is 32.9 Å². The fourth-order valence-corrected chi connectivity index (χ4v) is 2.10. The van der Waals surface area contributed by atoms with E-state index in [2.05, 4.69) is 5.32 Å². The normalized spacial score (nSPS) is 12.1. The van der Waals surface area contributed by atoms with Gasteiger partial charge in [-0.1, -0.05) is 43.3 Å². The molecule has 0 radical (unpaired) electrons.